The van der Waals surface area contributed by atoms with E-state index in [1.165, 1.54) is 0 Å². The zero-order chi connectivity index (χ0) is 16.1. The highest BCUT2D eigenvalue weighted by Gasteiger charge is 2.25. The van der Waals surface area contributed by atoms with E-state index in [2.05, 4.69) is 0 Å². The van der Waals surface area contributed by atoms with Gasteiger partial charge < -0.3 is 9.47 Å². The molecule has 3 rings (SSSR count). The number of rotatable bonds is 4. The molecule has 23 heavy (non-hydrogen) atoms. The van der Waals surface area contributed by atoms with E-state index in [1.54, 1.807) is 7.11 Å². The van der Waals surface area contributed by atoms with Crippen molar-refractivity contribution in [2.45, 2.75) is 25.4 Å². The summed E-state index contributed by atoms with van der Waals surface area (Å²) < 4.78 is 11.1. The summed E-state index contributed by atoms with van der Waals surface area (Å²) in [5.74, 6) is 1.79. The van der Waals surface area contributed by atoms with Crippen LogP contribution in [0.15, 0.2) is 60.2 Å². The molecule has 1 unspecified atom stereocenters. The van der Waals surface area contributed by atoms with E-state index < -0.39 is 0 Å². The second kappa shape index (κ2) is 7.14. The molecule has 0 N–H and O–H groups in total. The SMILES string of the molecule is COc1cccc(/C=C2/CCC(Oc3ccccc3)CC2=O)c1. The predicted molar refractivity (Wildman–Crippen MR) is 90.7 cm³/mol. The smallest absolute Gasteiger partial charge is 0.162 e. The number of ketones is 1. The van der Waals surface area contributed by atoms with Crippen molar-refractivity contribution in [2.75, 3.05) is 7.11 Å². The van der Waals surface area contributed by atoms with Crippen molar-refractivity contribution in [1.29, 1.82) is 0 Å². The molecule has 0 heterocycles. The Hall–Kier alpha value is -2.55. The minimum atomic E-state index is -0.0349. The Morgan fingerprint density at radius 3 is 2.57 bits per heavy atom. The van der Waals surface area contributed by atoms with Crippen LogP contribution in [0.3, 0.4) is 0 Å². The Morgan fingerprint density at radius 1 is 1.04 bits per heavy atom. The number of carbonyl (C=O) groups is 1. The summed E-state index contributed by atoms with van der Waals surface area (Å²) in [6, 6.07) is 17.4. The molecule has 2 aromatic carbocycles. The van der Waals surface area contributed by atoms with Crippen molar-refractivity contribution in [3.63, 3.8) is 0 Å². The molecular formula is C20H20O3. The van der Waals surface area contributed by atoms with Gasteiger partial charge in [-0.1, -0.05) is 30.3 Å². The van der Waals surface area contributed by atoms with Crippen LogP contribution in [0.1, 0.15) is 24.8 Å². The third-order valence-electron chi connectivity index (χ3n) is 3.99. The van der Waals surface area contributed by atoms with Crippen LogP contribution >= 0.6 is 0 Å². The van der Waals surface area contributed by atoms with Gasteiger partial charge in [0.15, 0.2) is 5.78 Å². The van der Waals surface area contributed by atoms with Gasteiger partial charge >= 0.3 is 0 Å². The Kier molecular flexibility index (Phi) is 4.77. The van der Waals surface area contributed by atoms with E-state index in [0.717, 1.165) is 35.5 Å². The first-order chi connectivity index (χ1) is 11.2. The largest absolute Gasteiger partial charge is 0.497 e. The van der Waals surface area contributed by atoms with Gasteiger partial charge in [0.05, 0.1) is 7.11 Å². The molecule has 0 saturated heterocycles. The van der Waals surface area contributed by atoms with Crippen LogP contribution in [0.2, 0.25) is 0 Å². The van der Waals surface area contributed by atoms with Crippen molar-refractivity contribution in [1.82, 2.24) is 0 Å². The Bertz CT molecular complexity index is 704. The Labute approximate surface area is 136 Å². The summed E-state index contributed by atoms with van der Waals surface area (Å²) in [5.41, 5.74) is 1.86. The summed E-state index contributed by atoms with van der Waals surface area (Å²) in [7, 11) is 1.64. The number of hydrogen-bond acceptors (Lipinski definition) is 3. The molecule has 0 bridgehead atoms. The lowest BCUT2D eigenvalue weighted by atomic mass is 9.90. The van der Waals surface area contributed by atoms with Crippen molar-refractivity contribution >= 4 is 11.9 Å². The number of Topliss-reactive ketones (excluding diaryl/α,β-unsaturated/α-hetero) is 1. The molecule has 118 valence electrons. The van der Waals surface area contributed by atoms with E-state index in [0.29, 0.717) is 6.42 Å². The van der Waals surface area contributed by atoms with Crippen molar-refractivity contribution in [3.05, 3.63) is 65.7 Å². The first kappa shape index (κ1) is 15.3. The fourth-order valence-electron chi connectivity index (χ4n) is 2.77. The Morgan fingerprint density at radius 2 is 1.83 bits per heavy atom. The van der Waals surface area contributed by atoms with Crippen LogP contribution in [-0.4, -0.2) is 19.0 Å². The minimum Gasteiger partial charge on any atom is -0.497 e. The monoisotopic (exact) mass is 308 g/mol. The van der Waals surface area contributed by atoms with Gasteiger partial charge in [0.2, 0.25) is 0 Å². The number of benzene rings is 2. The zero-order valence-electron chi connectivity index (χ0n) is 13.2. The molecule has 1 saturated carbocycles. The maximum Gasteiger partial charge on any atom is 0.162 e. The molecule has 0 aromatic heterocycles. The lowest BCUT2D eigenvalue weighted by Crippen LogP contribution is -2.26. The third kappa shape index (κ3) is 4.01. The highest BCUT2D eigenvalue weighted by molar-refractivity contribution is 6.00. The van der Waals surface area contributed by atoms with Crippen LogP contribution in [-0.2, 0) is 4.79 Å². The second-order valence-corrected chi connectivity index (χ2v) is 5.67. The van der Waals surface area contributed by atoms with Crippen molar-refractivity contribution < 1.29 is 14.3 Å². The lowest BCUT2D eigenvalue weighted by Gasteiger charge is -2.24. The molecule has 1 atom stereocenters. The molecule has 0 radical (unpaired) electrons. The van der Waals surface area contributed by atoms with E-state index in [-0.39, 0.29) is 11.9 Å². The number of carbonyl (C=O) groups excluding carboxylic acids is 1. The van der Waals surface area contributed by atoms with Crippen molar-refractivity contribution in [3.8, 4) is 11.5 Å². The topological polar surface area (TPSA) is 35.5 Å². The van der Waals surface area contributed by atoms with Gasteiger partial charge in [-0.15, -0.1) is 0 Å². The van der Waals surface area contributed by atoms with Crippen LogP contribution in [0.4, 0.5) is 0 Å². The maximum absolute atomic E-state index is 12.4. The molecule has 3 nitrogen and oxygen atoms in total. The molecule has 0 spiro atoms. The van der Waals surface area contributed by atoms with Crippen LogP contribution in [0.5, 0.6) is 11.5 Å². The fourth-order valence-corrected chi connectivity index (χ4v) is 2.77. The lowest BCUT2D eigenvalue weighted by molar-refractivity contribution is -0.118. The predicted octanol–water partition coefficient (Wildman–Crippen LogP) is 4.28. The van der Waals surface area contributed by atoms with E-state index >= 15 is 0 Å². The molecule has 1 aliphatic rings. The minimum absolute atomic E-state index is 0.0349. The van der Waals surface area contributed by atoms with Gasteiger partial charge in [0.25, 0.3) is 0 Å². The quantitative estimate of drug-likeness (QED) is 0.791. The fraction of sp³-hybridized carbons (Fsp3) is 0.250. The summed E-state index contributed by atoms with van der Waals surface area (Å²) in [5, 5.41) is 0. The zero-order valence-corrected chi connectivity index (χ0v) is 13.2. The molecule has 3 heteroatoms. The van der Waals surface area contributed by atoms with E-state index in [1.807, 2.05) is 60.7 Å². The number of allylic oxidation sites excluding steroid dienone is 1. The summed E-state index contributed by atoms with van der Waals surface area (Å²) in [4.78, 5) is 12.4. The normalized spacial score (nSPS) is 19.6. The van der Waals surface area contributed by atoms with Crippen LogP contribution in [0.25, 0.3) is 6.08 Å². The van der Waals surface area contributed by atoms with Crippen LogP contribution in [0, 0.1) is 0 Å². The molecule has 2 aromatic rings. The number of para-hydroxylation sites is 1. The highest BCUT2D eigenvalue weighted by Crippen LogP contribution is 2.27. The summed E-state index contributed by atoms with van der Waals surface area (Å²) in [6.07, 6.45) is 3.96. The van der Waals surface area contributed by atoms with Crippen LogP contribution < -0.4 is 9.47 Å². The average molecular weight is 308 g/mol. The maximum atomic E-state index is 12.4. The molecular weight excluding hydrogens is 288 g/mol. The molecule has 0 amide bonds. The molecule has 0 aliphatic heterocycles. The van der Waals surface area contributed by atoms with Gasteiger partial charge in [-0.25, -0.2) is 0 Å². The highest BCUT2D eigenvalue weighted by atomic mass is 16.5. The van der Waals surface area contributed by atoms with Gasteiger partial charge in [0.1, 0.15) is 17.6 Å². The molecule has 1 aliphatic carbocycles. The summed E-state index contributed by atoms with van der Waals surface area (Å²) >= 11 is 0. The summed E-state index contributed by atoms with van der Waals surface area (Å²) in [6.45, 7) is 0. The Balaban J connectivity index is 1.66. The van der Waals surface area contributed by atoms with E-state index in [4.69, 9.17) is 9.47 Å². The number of hydrogen-bond donors (Lipinski definition) is 0. The van der Waals surface area contributed by atoms with Gasteiger partial charge in [-0.3, -0.25) is 4.79 Å². The van der Waals surface area contributed by atoms with E-state index in [9.17, 15) is 4.79 Å². The van der Waals surface area contributed by atoms with Gasteiger partial charge in [-0.05, 0) is 54.3 Å². The van der Waals surface area contributed by atoms with Gasteiger partial charge in [-0.2, -0.15) is 0 Å². The molecule has 1 fully saturated rings. The average Bonchev–Trinajstić information content (AvgIpc) is 2.58. The first-order valence-electron chi connectivity index (χ1n) is 7.84. The van der Waals surface area contributed by atoms with Gasteiger partial charge in [0, 0.05) is 6.42 Å². The first-order valence-corrected chi connectivity index (χ1v) is 7.84. The number of methoxy groups -OCH3 is 1. The number of ether oxygens (including phenoxy) is 2. The standard InChI is InChI=1S/C20H20O3/c1-22-18-9-5-6-15(13-18)12-16-10-11-19(14-20(16)21)23-17-7-3-2-4-8-17/h2-9,12-13,19H,10-11,14H2,1H3/b16-12-. The van der Waals surface area contributed by atoms with Crippen molar-refractivity contribution in [2.24, 2.45) is 0 Å². The third-order valence-corrected chi connectivity index (χ3v) is 3.99. The second-order valence-electron chi connectivity index (χ2n) is 5.67.